The van der Waals surface area contributed by atoms with Gasteiger partial charge in [-0.25, -0.2) is 9.59 Å². The maximum absolute atomic E-state index is 12.1. The molecule has 0 radical (unpaired) electrons. The number of hydrogen-bond donors (Lipinski definition) is 3. The van der Waals surface area contributed by atoms with Crippen molar-refractivity contribution in [1.82, 2.24) is 0 Å². The zero-order chi connectivity index (χ0) is 22.9. The van der Waals surface area contributed by atoms with Crippen LogP contribution in [0.25, 0.3) is 11.0 Å². The van der Waals surface area contributed by atoms with Crippen LogP contribution < -0.4 is 21.4 Å². The van der Waals surface area contributed by atoms with E-state index in [1.165, 1.54) is 26.2 Å². The lowest BCUT2D eigenvalue weighted by Gasteiger charge is -2.47. The minimum atomic E-state index is -1.42. The summed E-state index contributed by atoms with van der Waals surface area (Å²) in [5.74, 6) is -0.184. The number of fused-ring (bicyclic) bond motifs is 1. The number of amides is 2. The lowest BCUT2D eigenvalue weighted by Crippen LogP contribution is -2.65. The first-order valence-electron chi connectivity index (χ1n) is 9.38. The Bertz CT molecular complexity index is 1050. The number of anilines is 1. The van der Waals surface area contributed by atoms with E-state index in [1.807, 2.05) is 0 Å². The van der Waals surface area contributed by atoms with Crippen molar-refractivity contribution in [1.29, 1.82) is 0 Å². The number of primary amides is 1. The maximum Gasteiger partial charge on any atom is 0.404 e. The summed E-state index contributed by atoms with van der Waals surface area (Å²) in [4.78, 5) is 34.6. The molecule has 1 aliphatic heterocycles. The van der Waals surface area contributed by atoms with Crippen LogP contribution in [-0.2, 0) is 19.0 Å². The standard InChI is InChI=1S/C20H24N2O9/c1-9(23)22-12-7-10-5-6-11(8-13(10)29-17(12)25)28-18-14(24)15(30-19(21)26)16(27-4)20(2,3)31-18/h5-8,14-16,18,24H,1-4H3,(H2,21,26)(H,22,23)/t14?,15-,16-,18-/m1/s1. The summed E-state index contributed by atoms with van der Waals surface area (Å²) in [6, 6.07) is 6.08. The largest absolute Gasteiger partial charge is 0.462 e. The van der Waals surface area contributed by atoms with E-state index in [0.717, 1.165) is 0 Å². The summed E-state index contributed by atoms with van der Waals surface area (Å²) in [6.07, 6.45) is -5.69. The fourth-order valence-corrected chi connectivity index (χ4v) is 3.52. The first-order valence-corrected chi connectivity index (χ1v) is 9.38. The van der Waals surface area contributed by atoms with Crippen LogP contribution in [0, 0.1) is 0 Å². The third-order valence-electron chi connectivity index (χ3n) is 4.80. The summed E-state index contributed by atoms with van der Waals surface area (Å²) in [7, 11) is 1.39. The summed E-state index contributed by atoms with van der Waals surface area (Å²) in [5.41, 5.74) is 3.60. The van der Waals surface area contributed by atoms with Crippen molar-refractivity contribution in [3.63, 3.8) is 0 Å². The van der Waals surface area contributed by atoms with Gasteiger partial charge in [0.1, 0.15) is 23.1 Å². The number of benzene rings is 1. The SMILES string of the molecule is CO[C@@H]1[C@H](OC(N)=O)C(O)[C@H](Oc2ccc3cc(NC(C)=O)c(=O)oc3c2)OC1(C)C. The predicted octanol–water partition coefficient (Wildman–Crippen LogP) is 1.10. The normalized spacial score (nSPS) is 25.1. The maximum atomic E-state index is 12.1. The fraction of sp³-hybridized carbons (Fsp3) is 0.450. The predicted molar refractivity (Wildman–Crippen MR) is 108 cm³/mol. The summed E-state index contributed by atoms with van der Waals surface area (Å²) >= 11 is 0. The Hall–Kier alpha value is -3.15. The van der Waals surface area contributed by atoms with Crippen LogP contribution >= 0.6 is 0 Å². The third kappa shape index (κ3) is 4.79. The van der Waals surface area contributed by atoms with Gasteiger partial charge < -0.3 is 39.5 Å². The molecule has 168 valence electrons. The summed E-state index contributed by atoms with van der Waals surface area (Å²) < 4.78 is 27.2. The molecule has 31 heavy (non-hydrogen) atoms. The van der Waals surface area contributed by atoms with E-state index in [4.69, 9.17) is 29.1 Å². The molecule has 4 N–H and O–H groups in total. The van der Waals surface area contributed by atoms with Crippen molar-refractivity contribution in [2.24, 2.45) is 5.73 Å². The molecule has 1 unspecified atom stereocenters. The molecular weight excluding hydrogens is 412 g/mol. The molecule has 1 aliphatic rings. The fourth-order valence-electron chi connectivity index (χ4n) is 3.52. The molecule has 2 aromatic rings. The van der Waals surface area contributed by atoms with Gasteiger partial charge in [-0.05, 0) is 32.0 Å². The molecule has 2 heterocycles. The minimum absolute atomic E-state index is 0.0125. The van der Waals surface area contributed by atoms with Crippen molar-refractivity contribution >= 4 is 28.7 Å². The zero-order valence-corrected chi connectivity index (χ0v) is 17.4. The number of methoxy groups -OCH3 is 1. The number of aliphatic hydroxyl groups excluding tert-OH is 1. The second kappa shape index (κ2) is 8.53. The molecule has 11 heteroatoms. The van der Waals surface area contributed by atoms with E-state index in [1.54, 1.807) is 26.0 Å². The second-order valence-corrected chi connectivity index (χ2v) is 7.58. The summed E-state index contributed by atoms with van der Waals surface area (Å²) in [5, 5.41) is 13.6. The Morgan fingerprint density at radius 3 is 2.58 bits per heavy atom. The van der Waals surface area contributed by atoms with Crippen LogP contribution in [0.1, 0.15) is 20.8 Å². The highest BCUT2D eigenvalue weighted by Gasteiger charge is 2.53. The average molecular weight is 436 g/mol. The Labute approximate surface area is 177 Å². The highest BCUT2D eigenvalue weighted by molar-refractivity contribution is 5.91. The van der Waals surface area contributed by atoms with Crippen molar-refractivity contribution in [3.05, 3.63) is 34.7 Å². The molecule has 1 aromatic heterocycles. The molecule has 0 spiro atoms. The van der Waals surface area contributed by atoms with Gasteiger partial charge in [0.05, 0.1) is 5.60 Å². The monoisotopic (exact) mass is 436 g/mol. The first kappa shape index (κ1) is 22.5. The number of hydrogen-bond acceptors (Lipinski definition) is 9. The molecule has 1 saturated heterocycles. The molecule has 3 rings (SSSR count). The van der Waals surface area contributed by atoms with E-state index < -0.39 is 47.8 Å². The van der Waals surface area contributed by atoms with Gasteiger partial charge in [0, 0.05) is 25.5 Å². The molecule has 11 nitrogen and oxygen atoms in total. The third-order valence-corrected chi connectivity index (χ3v) is 4.80. The second-order valence-electron chi connectivity index (χ2n) is 7.58. The summed E-state index contributed by atoms with van der Waals surface area (Å²) in [6.45, 7) is 4.65. The number of nitrogens with one attached hydrogen (secondary N) is 1. The first-order chi connectivity index (χ1) is 14.5. The van der Waals surface area contributed by atoms with Crippen LogP contribution in [-0.4, -0.2) is 54.4 Å². The molecular formula is C20H24N2O9. The highest BCUT2D eigenvalue weighted by Crippen LogP contribution is 2.34. The van der Waals surface area contributed by atoms with Crippen molar-refractivity contribution < 1.29 is 38.1 Å². The van der Waals surface area contributed by atoms with Crippen LogP contribution in [0.15, 0.2) is 33.5 Å². The van der Waals surface area contributed by atoms with Gasteiger partial charge >= 0.3 is 11.7 Å². The Kier molecular flexibility index (Phi) is 6.20. The van der Waals surface area contributed by atoms with Gasteiger partial charge in [0.15, 0.2) is 12.2 Å². The number of ether oxygens (including phenoxy) is 4. The van der Waals surface area contributed by atoms with Crippen LogP contribution in [0.3, 0.4) is 0 Å². The number of carbonyl (C=O) groups excluding carboxylic acids is 2. The van der Waals surface area contributed by atoms with E-state index in [9.17, 15) is 19.5 Å². The Morgan fingerprint density at radius 2 is 1.97 bits per heavy atom. The van der Waals surface area contributed by atoms with Gasteiger partial charge in [0.2, 0.25) is 12.2 Å². The van der Waals surface area contributed by atoms with E-state index >= 15 is 0 Å². The molecule has 2 amide bonds. The average Bonchev–Trinajstić information content (AvgIpc) is 2.65. The Morgan fingerprint density at radius 1 is 1.26 bits per heavy atom. The Balaban J connectivity index is 1.88. The van der Waals surface area contributed by atoms with Crippen LogP contribution in [0.2, 0.25) is 0 Å². The smallest absolute Gasteiger partial charge is 0.404 e. The van der Waals surface area contributed by atoms with Crippen molar-refractivity contribution in [2.75, 3.05) is 12.4 Å². The number of aliphatic hydroxyl groups is 1. The van der Waals surface area contributed by atoms with Gasteiger partial charge in [-0.1, -0.05) is 0 Å². The van der Waals surface area contributed by atoms with Gasteiger partial charge in [-0.3, -0.25) is 4.79 Å². The quantitative estimate of drug-likeness (QED) is 0.583. The topological polar surface area (TPSA) is 160 Å². The van der Waals surface area contributed by atoms with E-state index in [-0.39, 0.29) is 17.0 Å². The highest BCUT2D eigenvalue weighted by atomic mass is 16.7. The number of carbonyl (C=O) groups is 2. The molecule has 4 atom stereocenters. The minimum Gasteiger partial charge on any atom is -0.462 e. The van der Waals surface area contributed by atoms with Crippen LogP contribution in [0.4, 0.5) is 10.5 Å². The number of rotatable bonds is 5. The molecule has 0 bridgehead atoms. The van der Waals surface area contributed by atoms with E-state index in [0.29, 0.717) is 5.39 Å². The number of nitrogens with two attached hydrogens (primary N) is 1. The van der Waals surface area contributed by atoms with Gasteiger partial charge in [0.25, 0.3) is 0 Å². The lowest BCUT2D eigenvalue weighted by molar-refractivity contribution is -0.304. The van der Waals surface area contributed by atoms with Gasteiger partial charge in [-0.15, -0.1) is 0 Å². The van der Waals surface area contributed by atoms with Crippen LogP contribution in [0.5, 0.6) is 5.75 Å². The molecule has 1 aromatic carbocycles. The zero-order valence-electron chi connectivity index (χ0n) is 17.4. The van der Waals surface area contributed by atoms with Crippen molar-refractivity contribution in [3.8, 4) is 5.75 Å². The van der Waals surface area contributed by atoms with E-state index in [2.05, 4.69) is 5.32 Å². The lowest BCUT2D eigenvalue weighted by atomic mass is 9.89. The molecule has 1 fully saturated rings. The van der Waals surface area contributed by atoms with Crippen molar-refractivity contribution in [2.45, 2.75) is 51.0 Å². The molecule has 0 aliphatic carbocycles. The van der Waals surface area contributed by atoms with Gasteiger partial charge in [-0.2, -0.15) is 0 Å². The molecule has 0 saturated carbocycles.